The van der Waals surface area contributed by atoms with Crippen LogP contribution in [0.1, 0.15) is 59.8 Å². The minimum absolute atomic E-state index is 0.0405. The fraction of sp³-hybridized carbons (Fsp3) is 1.00. The second kappa shape index (κ2) is 5.34. The molecule has 3 N–H and O–H groups in total. The molecule has 0 aromatic rings. The predicted molar refractivity (Wildman–Crippen MR) is 77.9 cm³/mol. The Bertz CT molecular complexity index is 318. The zero-order valence-electron chi connectivity index (χ0n) is 13.0. The molecule has 112 valence electrons. The average molecular weight is 269 g/mol. The number of rotatable bonds is 6. The molecule has 0 heterocycles. The predicted octanol–water partition coefficient (Wildman–Crippen LogP) is 2.71. The fourth-order valence-corrected chi connectivity index (χ4v) is 4.35. The van der Waals surface area contributed by atoms with Crippen LogP contribution in [0.4, 0.5) is 0 Å². The number of hydrogen-bond acceptors (Lipinski definition) is 3. The van der Waals surface area contributed by atoms with E-state index in [1.807, 2.05) is 0 Å². The highest BCUT2D eigenvalue weighted by Gasteiger charge is 2.62. The average Bonchev–Trinajstić information content (AvgIpc) is 2.68. The Kier molecular flexibility index (Phi) is 4.29. The van der Waals surface area contributed by atoms with Gasteiger partial charge in [0, 0.05) is 6.04 Å². The van der Waals surface area contributed by atoms with Crippen LogP contribution in [0.5, 0.6) is 0 Å². The van der Waals surface area contributed by atoms with E-state index in [1.54, 1.807) is 0 Å². The molecule has 3 heteroatoms. The third-order valence-electron chi connectivity index (χ3n) is 6.33. The highest BCUT2D eigenvalue weighted by Crippen LogP contribution is 2.66. The van der Waals surface area contributed by atoms with E-state index in [1.165, 1.54) is 12.8 Å². The third kappa shape index (κ3) is 2.34. The van der Waals surface area contributed by atoms with Gasteiger partial charge in [0.05, 0.1) is 18.8 Å². The van der Waals surface area contributed by atoms with Crippen molar-refractivity contribution in [3.63, 3.8) is 0 Å². The minimum atomic E-state index is -0.197. The SMILES string of the molecule is CCCC(N)C(CO)OC1CC2CCC1(C)C2(C)C. The van der Waals surface area contributed by atoms with Crippen molar-refractivity contribution in [1.29, 1.82) is 0 Å². The van der Waals surface area contributed by atoms with Gasteiger partial charge >= 0.3 is 0 Å². The van der Waals surface area contributed by atoms with Crippen molar-refractivity contribution in [2.45, 2.75) is 78.0 Å². The van der Waals surface area contributed by atoms with Crippen molar-refractivity contribution in [3.8, 4) is 0 Å². The summed E-state index contributed by atoms with van der Waals surface area (Å²) in [4.78, 5) is 0. The minimum Gasteiger partial charge on any atom is -0.394 e. The van der Waals surface area contributed by atoms with Gasteiger partial charge in [0.1, 0.15) is 0 Å². The van der Waals surface area contributed by atoms with Crippen molar-refractivity contribution in [1.82, 2.24) is 0 Å². The van der Waals surface area contributed by atoms with Gasteiger partial charge in [0.25, 0.3) is 0 Å². The maximum Gasteiger partial charge on any atom is 0.0960 e. The lowest BCUT2D eigenvalue weighted by atomic mass is 9.70. The first-order chi connectivity index (χ1) is 8.86. The second-order valence-electron chi connectivity index (χ2n) is 7.41. The Hall–Kier alpha value is -0.120. The van der Waals surface area contributed by atoms with Gasteiger partial charge < -0.3 is 15.6 Å². The molecule has 5 unspecified atom stereocenters. The molecule has 5 atom stereocenters. The van der Waals surface area contributed by atoms with Gasteiger partial charge in [0.15, 0.2) is 0 Å². The molecule has 0 aromatic carbocycles. The van der Waals surface area contributed by atoms with E-state index in [0.717, 1.165) is 25.2 Å². The second-order valence-corrected chi connectivity index (χ2v) is 7.41. The van der Waals surface area contributed by atoms with Crippen molar-refractivity contribution < 1.29 is 9.84 Å². The monoisotopic (exact) mass is 269 g/mol. The molecule has 0 radical (unpaired) electrons. The van der Waals surface area contributed by atoms with E-state index in [-0.39, 0.29) is 30.3 Å². The van der Waals surface area contributed by atoms with Gasteiger partial charge in [-0.25, -0.2) is 0 Å². The van der Waals surface area contributed by atoms with Crippen LogP contribution in [-0.4, -0.2) is 30.0 Å². The Labute approximate surface area is 117 Å². The molecule has 0 saturated heterocycles. The van der Waals surface area contributed by atoms with E-state index in [2.05, 4.69) is 27.7 Å². The van der Waals surface area contributed by atoms with Crippen LogP contribution in [0.25, 0.3) is 0 Å². The molecule has 2 aliphatic rings. The summed E-state index contributed by atoms with van der Waals surface area (Å²) in [6.07, 6.45) is 5.74. The van der Waals surface area contributed by atoms with Gasteiger partial charge in [-0.1, -0.05) is 34.1 Å². The number of nitrogens with two attached hydrogens (primary N) is 1. The molecule has 0 aliphatic heterocycles. The Morgan fingerprint density at radius 3 is 2.47 bits per heavy atom. The lowest BCUT2D eigenvalue weighted by molar-refractivity contribution is -0.109. The standard InChI is InChI=1S/C16H31NO2/c1-5-6-12(17)13(10-18)19-14-9-11-7-8-16(14,4)15(11,2)3/h11-14,18H,5-10,17H2,1-4H3. The van der Waals surface area contributed by atoms with Crippen molar-refractivity contribution in [2.24, 2.45) is 22.5 Å². The van der Waals surface area contributed by atoms with Crippen LogP contribution in [0.15, 0.2) is 0 Å². The van der Waals surface area contributed by atoms with Gasteiger partial charge in [-0.2, -0.15) is 0 Å². The van der Waals surface area contributed by atoms with Gasteiger partial charge in [-0.3, -0.25) is 0 Å². The van der Waals surface area contributed by atoms with Crippen LogP contribution >= 0.6 is 0 Å². The Morgan fingerprint density at radius 2 is 2.05 bits per heavy atom. The lowest BCUT2D eigenvalue weighted by Crippen LogP contribution is -2.46. The maximum absolute atomic E-state index is 9.56. The van der Waals surface area contributed by atoms with Crippen molar-refractivity contribution >= 4 is 0 Å². The molecule has 19 heavy (non-hydrogen) atoms. The molecule has 0 amide bonds. The van der Waals surface area contributed by atoms with E-state index in [4.69, 9.17) is 10.5 Å². The zero-order valence-corrected chi connectivity index (χ0v) is 13.0. The summed E-state index contributed by atoms with van der Waals surface area (Å²) in [7, 11) is 0. The molecular formula is C16H31NO2. The first-order valence-corrected chi connectivity index (χ1v) is 7.88. The maximum atomic E-state index is 9.56. The summed E-state index contributed by atoms with van der Waals surface area (Å²) in [6.45, 7) is 9.29. The Morgan fingerprint density at radius 1 is 1.37 bits per heavy atom. The molecule has 0 aromatic heterocycles. The number of ether oxygens (including phenoxy) is 1. The number of hydrogen-bond donors (Lipinski definition) is 2. The zero-order chi connectivity index (χ0) is 14.3. The molecule has 2 rings (SSSR count). The highest BCUT2D eigenvalue weighted by molar-refractivity contribution is 5.11. The van der Waals surface area contributed by atoms with Crippen LogP contribution < -0.4 is 5.73 Å². The van der Waals surface area contributed by atoms with Crippen molar-refractivity contribution in [3.05, 3.63) is 0 Å². The summed E-state index contributed by atoms with van der Waals surface area (Å²) in [6, 6.07) is -0.0409. The van der Waals surface area contributed by atoms with Gasteiger partial charge in [0.2, 0.25) is 0 Å². The molecule has 2 aliphatic carbocycles. The van der Waals surface area contributed by atoms with Crippen LogP contribution in [0.2, 0.25) is 0 Å². The van der Waals surface area contributed by atoms with Gasteiger partial charge in [-0.05, 0) is 42.4 Å². The highest BCUT2D eigenvalue weighted by atomic mass is 16.5. The number of fused-ring (bicyclic) bond motifs is 2. The smallest absolute Gasteiger partial charge is 0.0960 e. The molecule has 3 nitrogen and oxygen atoms in total. The molecule has 0 spiro atoms. The van der Waals surface area contributed by atoms with E-state index in [9.17, 15) is 5.11 Å². The third-order valence-corrected chi connectivity index (χ3v) is 6.33. The topological polar surface area (TPSA) is 55.5 Å². The largest absolute Gasteiger partial charge is 0.394 e. The summed E-state index contributed by atoms with van der Waals surface area (Å²) >= 11 is 0. The quantitative estimate of drug-likeness (QED) is 0.779. The lowest BCUT2D eigenvalue weighted by Gasteiger charge is -2.41. The molecule has 2 bridgehead atoms. The van der Waals surface area contributed by atoms with E-state index < -0.39 is 0 Å². The molecular weight excluding hydrogens is 238 g/mol. The summed E-state index contributed by atoms with van der Waals surface area (Å²) in [5.41, 5.74) is 6.74. The number of aliphatic hydroxyl groups excluding tert-OH is 1. The summed E-state index contributed by atoms with van der Waals surface area (Å²) in [5.74, 6) is 0.768. The summed E-state index contributed by atoms with van der Waals surface area (Å²) in [5, 5.41) is 9.56. The van der Waals surface area contributed by atoms with Crippen LogP contribution in [-0.2, 0) is 4.74 Å². The first-order valence-electron chi connectivity index (χ1n) is 7.88. The van der Waals surface area contributed by atoms with Gasteiger partial charge in [-0.15, -0.1) is 0 Å². The Balaban J connectivity index is 2.04. The molecule has 2 saturated carbocycles. The fourth-order valence-electron chi connectivity index (χ4n) is 4.35. The number of aliphatic hydroxyl groups is 1. The van der Waals surface area contributed by atoms with Crippen LogP contribution in [0.3, 0.4) is 0 Å². The van der Waals surface area contributed by atoms with Crippen LogP contribution in [0, 0.1) is 16.7 Å². The van der Waals surface area contributed by atoms with E-state index in [0.29, 0.717) is 5.41 Å². The van der Waals surface area contributed by atoms with Crippen molar-refractivity contribution in [2.75, 3.05) is 6.61 Å². The first kappa shape index (κ1) is 15.3. The molecule has 2 fully saturated rings. The normalized spacial score (nSPS) is 39.5. The summed E-state index contributed by atoms with van der Waals surface area (Å²) < 4.78 is 6.27. The van der Waals surface area contributed by atoms with E-state index >= 15 is 0 Å².